The molecule has 1 heterocycles. The van der Waals surface area contributed by atoms with Crippen LogP contribution in [0.1, 0.15) is 25.0 Å². The molecule has 2 N–H and O–H groups in total. The molecule has 1 aromatic heterocycles. The smallest absolute Gasteiger partial charge is 0.107 e. The first-order chi connectivity index (χ1) is 5.29. The molecule has 1 saturated carbocycles. The molecule has 0 bridgehead atoms. The van der Waals surface area contributed by atoms with Crippen LogP contribution in [-0.2, 0) is 0 Å². The Hall–Kier alpha value is -0.760. The second-order valence-corrected chi connectivity index (χ2v) is 3.38. The molecule has 0 amide bonds. The normalized spacial score (nSPS) is 31.8. The quantitative estimate of drug-likeness (QED) is 0.699. The Morgan fingerprint density at radius 3 is 3.00 bits per heavy atom. The molecule has 2 nitrogen and oxygen atoms in total. The van der Waals surface area contributed by atoms with E-state index in [1.54, 1.807) is 6.26 Å². The monoisotopic (exact) mass is 151 g/mol. The Balaban J connectivity index is 2.02. The molecule has 1 aromatic rings. The lowest BCUT2D eigenvalue weighted by atomic mass is 10.2. The number of rotatable bonds is 2. The standard InChI is InChI=1S/C9H13NO/c1-6(10)7-5-8(7)9-3-2-4-11-9/h2-4,6-8H,5,10H2,1H3. The molecule has 1 aliphatic carbocycles. The van der Waals surface area contributed by atoms with E-state index in [1.807, 2.05) is 12.1 Å². The van der Waals surface area contributed by atoms with E-state index in [0.717, 1.165) is 5.76 Å². The molecule has 1 fully saturated rings. The maximum atomic E-state index is 5.75. The summed E-state index contributed by atoms with van der Waals surface area (Å²) in [6, 6.07) is 4.28. The summed E-state index contributed by atoms with van der Waals surface area (Å²) in [5.41, 5.74) is 5.75. The second-order valence-electron chi connectivity index (χ2n) is 3.38. The molecule has 0 aromatic carbocycles. The van der Waals surface area contributed by atoms with E-state index in [4.69, 9.17) is 10.2 Å². The maximum absolute atomic E-state index is 5.75. The third-order valence-corrected chi connectivity index (χ3v) is 2.42. The third kappa shape index (κ3) is 1.18. The predicted octanol–water partition coefficient (Wildman–Crippen LogP) is 1.73. The van der Waals surface area contributed by atoms with Crippen molar-refractivity contribution in [3.63, 3.8) is 0 Å². The van der Waals surface area contributed by atoms with Crippen LogP contribution in [0.15, 0.2) is 22.8 Å². The molecule has 0 saturated heterocycles. The van der Waals surface area contributed by atoms with Crippen LogP contribution in [0.2, 0.25) is 0 Å². The molecule has 11 heavy (non-hydrogen) atoms. The van der Waals surface area contributed by atoms with Gasteiger partial charge in [0.15, 0.2) is 0 Å². The van der Waals surface area contributed by atoms with Gasteiger partial charge in [-0.25, -0.2) is 0 Å². The van der Waals surface area contributed by atoms with E-state index in [9.17, 15) is 0 Å². The SMILES string of the molecule is CC(N)C1CC1c1ccco1. The van der Waals surface area contributed by atoms with Gasteiger partial charge in [0.05, 0.1) is 6.26 Å². The predicted molar refractivity (Wildman–Crippen MR) is 43.2 cm³/mol. The van der Waals surface area contributed by atoms with Crippen molar-refractivity contribution in [2.75, 3.05) is 0 Å². The zero-order valence-electron chi connectivity index (χ0n) is 6.66. The fourth-order valence-corrected chi connectivity index (χ4v) is 1.63. The third-order valence-electron chi connectivity index (χ3n) is 2.42. The fraction of sp³-hybridized carbons (Fsp3) is 0.556. The average Bonchev–Trinajstić information content (AvgIpc) is 2.60. The van der Waals surface area contributed by atoms with Gasteiger partial charge in [-0.1, -0.05) is 0 Å². The number of nitrogens with two attached hydrogens (primary N) is 1. The summed E-state index contributed by atoms with van der Waals surface area (Å²) in [6.45, 7) is 2.06. The molecule has 0 spiro atoms. The molecular formula is C9H13NO. The van der Waals surface area contributed by atoms with Gasteiger partial charge in [0, 0.05) is 12.0 Å². The fourth-order valence-electron chi connectivity index (χ4n) is 1.63. The Labute approximate surface area is 66.4 Å². The van der Waals surface area contributed by atoms with Crippen molar-refractivity contribution in [3.8, 4) is 0 Å². The van der Waals surface area contributed by atoms with Gasteiger partial charge in [0.2, 0.25) is 0 Å². The van der Waals surface area contributed by atoms with Gasteiger partial charge in [0.25, 0.3) is 0 Å². The van der Waals surface area contributed by atoms with Crippen molar-refractivity contribution >= 4 is 0 Å². The summed E-state index contributed by atoms with van der Waals surface area (Å²) in [6.07, 6.45) is 2.93. The van der Waals surface area contributed by atoms with E-state index in [0.29, 0.717) is 17.9 Å². The highest BCUT2D eigenvalue weighted by Crippen LogP contribution is 2.48. The van der Waals surface area contributed by atoms with Crippen molar-refractivity contribution in [1.29, 1.82) is 0 Å². The molecule has 3 unspecified atom stereocenters. The van der Waals surface area contributed by atoms with Gasteiger partial charge < -0.3 is 10.2 Å². The van der Waals surface area contributed by atoms with Crippen LogP contribution in [0.25, 0.3) is 0 Å². The summed E-state index contributed by atoms with van der Waals surface area (Å²) >= 11 is 0. The molecule has 0 aliphatic heterocycles. The summed E-state index contributed by atoms with van der Waals surface area (Å²) in [5, 5.41) is 0. The van der Waals surface area contributed by atoms with Gasteiger partial charge in [-0.2, -0.15) is 0 Å². The number of hydrogen-bond donors (Lipinski definition) is 1. The number of hydrogen-bond acceptors (Lipinski definition) is 2. The minimum absolute atomic E-state index is 0.310. The van der Waals surface area contributed by atoms with Crippen molar-refractivity contribution in [2.24, 2.45) is 11.7 Å². The largest absolute Gasteiger partial charge is 0.469 e. The van der Waals surface area contributed by atoms with Crippen LogP contribution >= 0.6 is 0 Å². The van der Waals surface area contributed by atoms with E-state index >= 15 is 0 Å². The van der Waals surface area contributed by atoms with Crippen LogP contribution < -0.4 is 5.73 Å². The molecule has 2 rings (SSSR count). The van der Waals surface area contributed by atoms with Crippen LogP contribution in [0.3, 0.4) is 0 Å². The summed E-state index contributed by atoms with van der Waals surface area (Å²) in [4.78, 5) is 0. The van der Waals surface area contributed by atoms with Crippen LogP contribution in [0.4, 0.5) is 0 Å². The lowest BCUT2D eigenvalue weighted by Gasteiger charge is -2.00. The minimum atomic E-state index is 0.310. The van der Waals surface area contributed by atoms with Gasteiger partial charge >= 0.3 is 0 Å². The first-order valence-electron chi connectivity index (χ1n) is 4.08. The van der Waals surface area contributed by atoms with Gasteiger partial charge in [-0.15, -0.1) is 0 Å². The number of furan rings is 1. The molecule has 1 aliphatic rings. The summed E-state index contributed by atoms with van der Waals surface area (Å²) < 4.78 is 5.28. The van der Waals surface area contributed by atoms with Crippen LogP contribution in [-0.4, -0.2) is 6.04 Å². The molecular weight excluding hydrogens is 138 g/mol. The van der Waals surface area contributed by atoms with Gasteiger partial charge in [0.1, 0.15) is 5.76 Å². The highest BCUT2D eigenvalue weighted by Gasteiger charge is 2.42. The van der Waals surface area contributed by atoms with E-state index in [-0.39, 0.29) is 0 Å². The topological polar surface area (TPSA) is 39.2 Å². The maximum Gasteiger partial charge on any atom is 0.107 e. The molecule has 60 valence electrons. The van der Waals surface area contributed by atoms with Crippen LogP contribution in [0, 0.1) is 5.92 Å². The van der Waals surface area contributed by atoms with E-state index in [2.05, 4.69) is 6.92 Å². The second kappa shape index (κ2) is 2.38. The first kappa shape index (κ1) is 6.92. The Morgan fingerprint density at radius 1 is 1.73 bits per heavy atom. The van der Waals surface area contributed by atoms with Crippen molar-refractivity contribution < 1.29 is 4.42 Å². The van der Waals surface area contributed by atoms with E-state index in [1.165, 1.54) is 6.42 Å². The van der Waals surface area contributed by atoms with Gasteiger partial charge in [-0.05, 0) is 31.4 Å². The Morgan fingerprint density at radius 2 is 2.55 bits per heavy atom. The average molecular weight is 151 g/mol. The summed E-state index contributed by atoms with van der Waals surface area (Å²) in [5.74, 6) is 2.36. The van der Waals surface area contributed by atoms with Crippen LogP contribution in [0.5, 0.6) is 0 Å². The molecule has 2 heteroatoms. The lowest BCUT2D eigenvalue weighted by Crippen LogP contribution is -2.17. The molecule has 0 radical (unpaired) electrons. The lowest BCUT2D eigenvalue weighted by molar-refractivity contribution is 0.493. The highest BCUT2D eigenvalue weighted by atomic mass is 16.3. The Kier molecular flexibility index (Phi) is 1.50. The zero-order chi connectivity index (χ0) is 7.84. The zero-order valence-corrected chi connectivity index (χ0v) is 6.66. The van der Waals surface area contributed by atoms with Crippen molar-refractivity contribution in [2.45, 2.75) is 25.3 Å². The van der Waals surface area contributed by atoms with Crippen molar-refractivity contribution in [1.82, 2.24) is 0 Å². The van der Waals surface area contributed by atoms with Crippen molar-refractivity contribution in [3.05, 3.63) is 24.2 Å². The first-order valence-corrected chi connectivity index (χ1v) is 4.08. The van der Waals surface area contributed by atoms with E-state index < -0.39 is 0 Å². The Bertz CT molecular complexity index is 228. The summed E-state index contributed by atoms with van der Waals surface area (Å²) in [7, 11) is 0. The minimum Gasteiger partial charge on any atom is -0.469 e. The molecule has 3 atom stereocenters. The van der Waals surface area contributed by atoms with Gasteiger partial charge in [-0.3, -0.25) is 0 Å². The highest BCUT2D eigenvalue weighted by molar-refractivity contribution is 5.16.